The van der Waals surface area contributed by atoms with Crippen LogP contribution >= 0.6 is 0 Å². The van der Waals surface area contributed by atoms with E-state index in [9.17, 15) is 24.0 Å². The predicted octanol–water partition coefficient (Wildman–Crippen LogP) is 2.23. The molecule has 9 heteroatoms. The number of rotatable bonds is 7. The molecule has 0 spiro atoms. The molecule has 0 unspecified atom stereocenters. The van der Waals surface area contributed by atoms with E-state index in [0.717, 1.165) is 20.9 Å². The number of nitrogens with zero attached hydrogens (tertiary/aromatic N) is 1. The molecule has 0 aliphatic rings. The minimum atomic E-state index is -1.15. The Kier molecular flexibility index (Phi) is 6.40. The summed E-state index contributed by atoms with van der Waals surface area (Å²) in [5.41, 5.74) is 5.66. The van der Waals surface area contributed by atoms with Gasteiger partial charge in [-0.15, -0.1) is 0 Å². The molecule has 1 atom stereocenters. The third-order valence-corrected chi connectivity index (χ3v) is 6.30. The Hall–Kier alpha value is -5.31. The number of primary amides is 1. The van der Waals surface area contributed by atoms with E-state index in [-0.39, 0.29) is 17.7 Å². The van der Waals surface area contributed by atoms with Crippen molar-refractivity contribution in [3.63, 3.8) is 0 Å². The Labute approximate surface area is 215 Å². The summed E-state index contributed by atoms with van der Waals surface area (Å²) in [5.74, 6) is -2.68. The number of nitrogens with one attached hydrogen (secondary N) is 2. The first-order chi connectivity index (χ1) is 18.3. The molecule has 0 bridgehead atoms. The fourth-order valence-corrected chi connectivity index (χ4v) is 4.37. The fraction of sp³-hybridized carbons (Fsp3) is 0.0690. The van der Waals surface area contributed by atoms with Crippen molar-refractivity contribution in [2.45, 2.75) is 12.5 Å². The van der Waals surface area contributed by atoms with Gasteiger partial charge < -0.3 is 16.0 Å². The maximum absolute atomic E-state index is 13.3. The molecule has 5 aromatic rings. The molecule has 4 N–H and O–H groups in total. The van der Waals surface area contributed by atoms with Crippen molar-refractivity contribution in [2.24, 2.45) is 5.73 Å². The Morgan fingerprint density at radius 3 is 2.13 bits per heavy atom. The van der Waals surface area contributed by atoms with Gasteiger partial charge >= 0.3 is 5.69 Å². The number of carbonyl (C=O) groups is 3. The predicted molar refractivity (Wildman–Crippen MR) is 143 cm³/mol. The average Bonchev–Trinajstić information content (AvgIpc) is 2.92. The standard InChI is InChI=1S/C29H22N4O5/c30-26(35)25(34)24(14-17-6-2-1-3-7-17)31-27(36)18-10-12-21(13-11-18)33-28(37)22-15-19-8-4-5-9-20(19)16-23(22)32-29(33)38/h1-13,15-16,24H,14H2,(H2,30,35)(H,31,36)(H,32,38)/t24-/m0/s1. The number of fused-ring (bicyclic) bond motifs is 2. The monoisotopic (exact) mass is 506 g/mol. The zero-order chi connectivity index (χ0) is 26.8. The molecule has 2 amide bonds. The number of amides is 2. The topological polar surface area (TPSA) is 144 Å². The first-order valence-electron chi connectivity index (χ1n) is 11.8. The fourth-order valence-electron chi connectivity index (χ4n) is 4.37. The number of aromatic amines is 1. The largest absolute Gasteiger partial charge is 0.363 e. The van der Waals surface area contributed by atoms with Crippen LogP contribution in [0.25, 0.3) is 27.4 Å². The van der Waals surface area contributed by atoms with Crippen LogP contribution in [0.2, 0.25) is 0 Å². The highest BCUT2D eigenvalue weighted by Crippen LogP contribution is 2.19. The molecule has 0 saturated heterocycles. The Morgan fingerprint density at radius 2 is 1.47 bits per heavy atom. The van der Waals surface area contributed by atoms with Crippen LogP contribution in [-0.2, 0) is 16.0 Å². The summed E-state index contributed by atoms with van der Waals surface area (Å²) < 4.78 is 0.994. The molecular formula is C29H22N4O5. The van der Waals surface area contributed by atoms with E-state index >= 15 is 0 Å². The van der Waals surface area contributed by atoms with Gasteiger partial charge in [-0.2, -0.15) is 0 Å². The lowest BCUT2D eigenvalue weighted by Crippen LogP contribution is -2.47. The summed E-state index contributed by atoms with van der Waals surface area (Å²) in [5, 5.41) is 4.66. The van der Waals surface area contributed by atoms with Crippen molar-refractivity contribution in [1.82, 2.24) is 14.9 Å². The van der Waals surface area contributed by atoms with Gasteiger partial charge in [0.2, 0.25) is 5.78 Å². The average molecular weight is 507 g/mol. The second-order valence-electron chi connectivity index (χ2n) is 8.81. The van der Waals surface area contributed by atoms with Crippen LogP contribution in [0.1, 0.15) is 15.9 Å². The maximum Gasteiger partial charge on any atom is 0.333 e. The van der Waals surface area contributed by atoms with Crippen molar-refractivity contribution >= 4 is 39.3 Å². The highest BCUT2D eigenvalue weighted by molar-refractivity contribution is 6.38. The smallest absolute Gasteiger partial charge is 0.333 e. The molecule has 38 heavy (non-hydrogen) atoms. The van der Waals surface area contributed by atoms with Gasteiger partial charge in [-0.05, 0) is 52.7 Å². The van der Waals surface area contributed by atoms with Crippen molar-refractivity contribution < 1.29 is 14.4 Å². The zero-order valence-corrected chi connectivity index (χ0v) is 20.0. The van der Waals surface area contributed by atoms with Gasteiger partial charge in [0.1, 0.15) is 6.04 Å². The Balaban J connectivity index is 1.44. The van der Waals surface area contributed by atoms with Crippen LogP contribution in [0.3, 0.4) is 0 Å². The molecule has 1 aromatic heterocycles. The molecular weight excluding hydrogens is 484 g/mol. The van der Waals surface area contributed by atoms with E-state index in [0.29, 0.717) is 10.9 Å². The summed E-state index contributed by atoms with van der Waals surface area (Å²) >= 11 is 0. The molecule has 0 aliphatic heterocycles. The summed E-state index contributed by atoms with van der Waals surface area (Å²) in [6.07, 6.45) is 0.0863. The first-order valence-corrected chi connectivity index (χ1v) is 11.8. The number of ketones is 1. The molecule has 0 saturated carbocycles. The van der Waals surface area contributed by atoms with E-state index in [1.165, 1.54) is 24.3 Å². The normalized spacial score (nSPS) is 11.8. The highest BCUT2D eigenvalue weighted by atomic mass is 16.2. The number of Topliss-reactive ketones (excluding diaryl/α,β-unsaturated/α-hetero) is 1. The van der Waals surface area contributed by atoms with Crippen molar-refractivity contribution in [2.75, 3.05) is 0 Å². The minimum Gasteiger partial charge on any atom is -0.363 e. The first kappa shape index (κ1) is 24.4. The summed E-state index contributed by atoms with van der Waals surface area (Å²) in [4.78, 5) is 65.6. The SMILES string of the molecule is NC(=O)C(=O)[C@H](Cc1ccccc1)NC(=O)c1ccc(-n2c(=O)[nH]c3cc4ccccc4cc3c2=O)cc1. The lowest BCUT2D eigenvalue weighted by Gasteiger charge is -2.16. The molecule has 4 aromatic carbocycles. The molecule has 188 valence electrons. The van der Waals surface area contributed by atoms with Gasteiger partial charge in [-0.3, -0.25) is 19.2 Å². The van der Waals surface area contributed by atoms with Crippen LogP contribution in [-0.4, -0.2) is 33.2 Å². The van der Waals surface area contributed by atoms with Gasteiger partial charge in [0, 0.05) is 12.0 Å². The van der Waals surface area contributed by atoms with E-state index in [4.69, 9.17) is 5.73 Å². The number of hydrogen-bond acceptors (Lipinski definition) is 5. The summed E-state index contributed by atoms with van der Waals surface area (Å²) in [7, 11) is 0. The highest BCUT2D eigenvalue weighted by Gasteiger charge is 2.26. The van der Waals surface area contributed by atoms with Crippen molar-refractivity contribution in [3.05, 3.63) is 123 Å². The van der Waals surface area contributed by atoms with Crippen molar-refractivity contribution in [3.8, 4) is 5.69 Å². The number of carbonyl (C=O) groups excluding carboxylic acids is 3. The number of nitrogens with two attached hydrogens (primary N) is 1. The summed E-state index contributed by atoms with van der Waals surface area (Å²) in [6.45, 7) is 0. The van der Waals surface area contributed by atoms with Gasteiger partial charge in [0.05, 0.1) is 16.6 Å². The molecule has 0 aliphatic carbocycles. The van der Waals surface area contributed by atoms with Crippen LogP contribution in [0, 0.1) is 0 Å². The van der Waals surface area contributed by atoms with Gasteiger partial charge in [0.15, 0.2) is 0 Å². The maximum atomic E-state index is 13.3. The van der Waals surface area contributed by atoms with Crippen LogP contribution in [0.4, 0.5) is 0 Å². The second kappa shape index (κ2) is 9.98. The van der Waals surface area contributed by atoms with Crippen LogP contribution in [0.5, 0.6) is 0 Å². The summed E-state index contributed by atoms with van der Waals surface area (Å²) in [6, 6.07) is 24.5. The van der Waals surface area contributed by atoms with Crippen LogP contribution < -0.4 is 22.3 Å². The van der Waals surface area contributed by atoms with E-state index < -0.39 is 34.9 Å². The molecule has 9 nitrogen and oxygen atoms in total. The third kappa shape index (κ3) is 4.72. The number of hydrogen-bond donors (Lipinski definition) is 3. The third-order valence-electron chi connectivity index (χ3n) is 6.30. The Bertz CT molecular complexity index is 1820. The van der Waals surface area contributed by atoms with E-state index in [1.54, 1.807) is 36.4 Å². The number of aromatic nitrogens is 2. The van der Waals surface area contributed by atoms with Crippen molar-refractivity contribution in [1.29, 1.82) is 0 Å². The number of benzene rings is 4. The van der Waals surface area contributed by atoms with Gasteiger partial charge in [0.25, 0.3) is 17.4 Å². The minimum absolute atomic E-state index is 0.0863. The second-order valence-corrected chi connectivity index (χ2v) is 8.81. The van der Waals surface area contributed by atoms with E-state index in [1.807, 2.05) is 30.3 Å². The molecule has 0 fully saturated rings. The molecule has 5 rings (SSSR count). The molecule has 1 heterocycles. The molecule has 0 radical (unpaired) electrons. The lowest BCUT2D eigenvalue weighted by atomic mass is 10.0. The van der Waals surface area contributed by atoms with E-state index in [2.05, 4.69) is 10.3 Å². The van der Waals surface area contributed by atoms with Crippen LogP contribution in [0.15, 0.2) is 101 Å². The Morgan fingerprint density at radius 1 is 0.842 bits per heavy atom. The zero-order valence-electron chi connectivity index (χ0n) is 20.0. The number of H-pyrrole nitrogens is 1. The quantitative estimate of drug-likeness (QED) is 0.229. The van der Waals surface area contributed by atoms with Gasteiger partial charge in [-0.25, -0.2) is 9.36 Å². The van der Waals surface area contributed by atoms with Gasteiger partial charge in [-0.1, -0.05) is 54.6 Å². The lowest BCUT2D eigenvalue weighted by molar-refractivity contribution is -0.137.